The number of likely N-dealkylation sites (N-methyl/N-ethyl adjacent to an activating group) is 1. The fourth-order valence-electron chi connectivity index (χ4n) is 2.13. The molecule has 0 aromatic heterocycles. The van der Waals surface area contributed by atoms with Gasteiger partial charge in [-0.2, -0.15) is 0 Å². The van der Waals surface area contributed by atoms with E-state index < -0.39 is 0 Å². The molecule has 0 bridgehead atoms. The smallest absolute Gasteiger partial charge is 0.0886 e. The first-order valence-corrected chi connectivity index (χ1v) is 6.09. The first-order chi connectivity index (χ1) is 8.22. The van der Waals surface area contributed by atoms with Crippen LogP contribution in [0.3, 0.4) is 0 Å². The van der Waals surface area contributed by atoms with E-state index in [4.69, 9.17) is 4.74 Å². The Kier molecular flexibility index (Phi) is 6.19. The molecular formula is C14H23NO2. The second-order valence-corrected chi connectivity index (χ2v) is 4.34. The molecule has 0 spiro atoms. The van der Waals surface area contributed by atoms with Crippen molar-refractivity contribution >= 4 is 0 Å². The van der Waals surface area contributed by atoms with Crippen molar-refractivity contribution in [1.82, 2.24) is 4.90 Å². The summed E-state index contributed by atoms with van der Waals surface area (Å²) in [5.41, 5.74) is 1.19. The quantitative estimate of drug-likeness (QED) is 0.754. The van der Waals surface area contributed by atoms with Gasteiger partial charge >= 0.3 is 0 Å². The van der Waals surface area contributed by atoms with Crippen LogP contribution in [-0.4, -0.2) is 49.5 Å². The SMILES string of the molecule is C=CC=CC(=CC)C1CN(C)CCOC1CO. The van der Waals surface area contributed by atoms with Crippen molar-refractivity contribution in [2.45, 2.75) is 13.0 Å². The van der Waals surface area contributed by atoms with E-state index in [0.717, 1.165) is 13.1 Å². The first kappa shape index (κ1) is 14.2. The van der Waals surface area contributed by atoms with Crippen LogP contribution in [0, 0.1) is 5.92 Å². The van der Waals surface area contributed by atoms with Crippen molar-refractivity contribution in [3.05, 3.63) is 36.5 Å². The molecule has 0 aromatic rings. The lowest BCUT2D eigenvalue weighted by atomic mass is 9.92. The van der Waals surface area contributed by atoms with Gasteiger partial charge in [-0.25, -0.2) is 0 Å². The summed E-state index contributed by atoms with van der Waals surface area (Å²) in [6.07, 6.45) is 7.70. The van der Waals surface area contributed by atoms with Gasteiger partial charge in [-0.05, 0) is 19.5 Å². The zero-order chi connectivity index (χ0) is 12.7. The third-order valence-electron chi connectivity index (χ3n) is 3.13. The minimum atomic E-state index is -0.111. The summed E-state index contributed by atoms with van der Waals surface area (Å²) in [5.74, 6) is 0.216. The van der Waals surface area contributed by atoms with E-state index in [1.165, 1.54) is 5.57 Å². The number of hydrogen-bond donors (Lipinski definition) is 1. The molecule has 2 atom stereocenters. The van der Waals surface area contributed by atoms with E-state index in [-0.39, 0.29) is 18.6 Å². The van der Waals surface area contributed by atoms with Crippen LogP contribution in [0.5, 0.6) is 0 Å². The van der Waals surface area contributed by atoms with Gasteiger partial charge in [0.15, 0.2) is 0 Å². The van der Waals surface area contributed by atoms with Crippen molar-refractivity contribution in [3.63, 3.8) is 0 Å². The number of aliphatic hydroxyl groups excluding tert-OH is 1. The van der Waals surface area contributed by atoms with E-state index in [0.29, 0.717) is 6.61 Å². The molecule has 1 aliphatic rings. The maximum atomic E-state index is 9.43. The minimum Gasteiger partial charge on any atom is -0.394 e. The van der Waals surface area contributed by atoms with Crippen LogP contribution in [-0.2, 0) is 4.74 Å². The number of ether oxygens (including phenoxy) is 1. The van der Waals surface area contributed by atoms with Gasteiger partial charge in [0, 0.05) is 19.0 Å². The molecule has 0 aliphatic carbocycles. The molecular weight excluding hydrogens is 214 g/mol. The van der Waals surface area contributed by atoms with Gasteiger partial charge < -0.3 is 14.7 Å². The lowest BCUT2D eigenvalue weighted by molar-refractivity contribution is 0.00202. The molecule has 1 saturated heterocycles. The zero-order valence-corrected chi connectivity index (χ0v) is 10.8. The predicted molar refractivity (Wildman–Crippen MR) is 70.9 cm³/mol. The summed E-state index contributed by atoms with van der Waals surface area (Å²) in [4.78, 5) is 2.24. The van der Waals surface area contributed by atoms with E-state index in [1.807, 2.05) is 19.1 Å². The molecule has 1 N–H and O–H groups in total. The fourth-order valence-corrected chi connectivity index (χ4v) is 2.13. The number of hydrogen-bond acceptors (Lipinski definition) is 3. The Bertz CT molecular complexity index is 297. The molecule has 3 heteroatoms. The van der Waals surface area contributed by atoms with Crippen molar-refractivity contribution in [1.29, 1.82) is 0 Å². The third-order valence-corrected chi connectivity index (χ3v) is 3.13. The van der Waals surface area contributed by atoms with Gasteiger partial charge in [0.2, 0.25) is 0 Å². The highest BCUT2D eigenvalue weighted by atomic mass is 16.5. The van der Waals surface area contributed by atoms with Crippen LogP contribution < -0.4 is 0 Å². The molecule has 1 rings (SSSR count). The topological polar surface area (TPSA) is 32.7 Å². The standard InChI is InChI=1S/C14H23NO2/c1-4-6-7-12(5-2)13-10-15(3)8-9-17-14(13)11-16/h4-7,13-14,16H,1,8-11H2,2-3H3. The second-order valence-electron chi connectivity index (χ2n) is 4.34. The Morgan fingerprint density at radius 2 is 2.35 bits per heavy atom. The summed E-state index contributed by atoms with van der Waals surface area (Å²) in [6.45, 7) is 8.26. The van der Waals surface area contributed by atoms with Crippen LogP contribution in [0.1, 0.15) is 6.92 Å². The Labute approximate surface area is 104 Å². The lowest BCUT2D eigenvalue weighted by Gasteiger charge is -2.26. The van der Waals surface area contributed by atoms with Crippen molar-refractivity contribution in [2.75, 3.05) is 33.4 Å². The third kappa shape index (κ3) is 4.11. The van der Waals surface area contributed by atoms with Crippen LogP contribution >= 0.6 is 0 Å². The van der Waals surface area contributed by atoms with Gasteiger partial charge in [-0.1, -0.05) is 30.9 Å². The molecule has 17 heavy (non-hydrogen) atoms. The van der Waals surface area contributed by atoms with Crippen LogP contribution in [0.25, 0.3) is 0 Å². The monoisotopic (exact) mass is 237 g/mol. The maximum Gasteiger partial charge on any atom is 0.0886 e. The van der Waals surface area contributed by atoms with Crippen molar-refractivity contribution in [3.8, 4) is 0 Å². The fraction of sp³-hybridized carbons (Fsp3) is 0.571. The lowest BCUT2D eigenvalue weighted by Crippen LogP contribution is -2.33. The number of allylic oxidation sites excluding steroid dienone is 4. The summed E-state index contributed by atoms with van der Waals surface area (Å²) in [7, 11) is 2.08. The van der Waals surface area contributed by atoms with Crippen LogP contribution in [0.15, 0.2) is 36.5 Å². The summed E-state index contributed by atoms with van der Waals surface area (Å²) in [5, 5.41) is 9.43. The normalized spacial score (nSPS) is 28.3. The average Bonchev–Trinajstić information content (AvgIpc) is 2.52. The molecule has 1 heterocycles. The molecule has 1 fully saturated rings. The average molecular weight is 237 g/mol. The van der Waals surface area contributed by atoms with E-state index in [1.54, 1.807) is 6.08 Å². The van der Waals surface area contributed by atoms with E-state index in [2.05, 4.69) is 24.6 Å². The van der Waals surface area contributed by atoms with Gasteiger partial charge in [0.05, 0.1) is 19.3 Å². The summed E-state index contributed by atoms with van der Waals surface area (Å²) in [6, 6.07) is 0. The predicted octanol–water partition coefficient (Wildman–Crippen LogP) is 1.61. The number of rotatable bonds is 4. The van der Waals surface area contributed by atoms with Crippen LogP contribution in [0.4, 0.5) is 0 Å². The van der Waals surface area contributed by atoms with Crippen LogP contribution in [0.2, 0.25) is 0 Å². The van der Waals surface area contributed by atoms with E-state index >= 15 is 0 Å². The maximum absolute atomic E-state index is 9.43. The molecule has 2 unspecified atom stereocenters. The second kappa shape index (κ2) is 7.43. The zero-order valence-electron chi connectivity index (χ0n) is 10.8. The molecule has 3 nitrogen and oxygen atoms in total. The van der Waals surface area contributed by atoms with Crippen molar-refractivity contribution < 1.29 is 9.84 Å². The van der Waals surface area contributed by atoms with Gasteiger partial charge in [0.1, 0.15) is 0 Å². The Morgan fingerprint density at radius 3 is 2.94 bits per heavy atom. The number of aliphatic hydroxyl groups is 1. The van der Waals surface area contributed by atoms with Gasteiger partial charge in [-0.15, -0.1) is 0 Å². The number of nitrogens with zero attached hydrogens (tertiary/aromatic N) is 1. The largest absolute Gasteiger partial charge is 0.394 e. The minimum absolute atomic E-state index is 0.0672. The highest BCUT2D eigenvalue weighted by Gasteiger charge is 2.27. The Morgan fingerprint density at radius 1 is 1.59 bits per heavy atom. The Balaban J connectivity index is 2.86. The Hall–Kier alpha value is -0.900. The first-order valence-electron chi connectivity index (χ1n) is 6.09. The van der Waals surface area contributed by atoms with E-state index in [9.17, 15) is 5.11 Å². The molecule has 0 amide bonds. The van der Waals surface area contributed by atoms with Crippen molar-refractivity contribution in [2.24, 2.45) is 5.92 Å². The molecule has 96 valence electrons. The molecule has 0 radical (unpaired) electrons. The summed E-state index contributed by atoms with van der Waals surface area (Å²) < 4.78 is 5.71. The van der Waals surface area contributed by atoms with Gasteiger partial charge in [-0.3, -0.25) is 0 Å². The highest BCUT2D eigenvalue weighted by molar-refractivity contribution is 5.25. The highest BCUT2D eigenvalue weighted by Crippen LogP contribution is 2.22. The molecule has 0 aromatic carbocycles. The molecule has 1 aliphatic heterocycles. The van der Waals surface area contributed by atoms with Gasteiger partial charge in [0.25, 0.3) is 0 Å². The summed E-state index contributed by atoms with van der Waals surface area (Å²) >= 11 is 0. The molecule has 0 saturated carbocycles.